The zero-order valence-corrected chi connectivity index (χ0v) is 27.2. The molecule has 0 aromatic rings. The minimum Gasteiger partial charge on any atom is -0.480 e. The van der Waals surface area contributed by atoms with Gasteiger partial charge in [-0.25, -0.2) is 4.57 Å². The highest BCUT2D eigenvalue weighted by Gasteiger charge is 2.27. The van der Waals surface area contributed by atoms with Crippen molar-refractivity contribution < 1.29 is 42.7 Å². The van der Waals surface area contributed by atoms with E-state index in [9.17, 15) is 19.0 Å². The lowest BCUT2D eigenvalue weighted by atomic mass is 10.1. The number of carbonyl (C=O) groups excluding carboxylic acids is 1. The maximum atomic E-state index is 12.4. The third-order valence-electron chi connectivity index (χ3n) is 6.79. The van der Waals surface area contributed by atoms with E-state index < -0.39 is 45.1 Å². The van der Waals surface area contributed by atoms with Crippen molar-refractivity contribution in [3.8, 4) is 0 Å². The lowest BCUT2D eigenvalue weighted by Crippen LogP contribution is -2.34. The van der Waals surface area contributed by atoms with E-state index >= 15 is 0 Å². The van der Waals surface area contributed by atoms with Crippen LogP contribution in [-0.2, 0) is 32.7 Å². The van der Waals surface area contributed by atoms with E-state index in [0.29, 0.717) is 13.0 Å². The van der Waals surface area contributed by atoms with Gasteiger partial charge in [-0.05, 0) is 38.5 Å². The van der Waals surface area contributed by atoms with Gasteiger partial charge in [-0.15, -0.1) is 0 Å². The summed E-state index contributed by atoms with van der Waals surface area (Å²) >= 11 is 0. The van der Waals surface area contributed by atoms with Crippen LogP contribution in [0.25, 0.3) is 0 Å². The van der Waals surface area contributed by atoms with Gasteiger partial charge in [0.05, 0.1) is 19.8 Å². The number of esters is 1. The minimum atomic E-state index is -4.59. The number of phosphoric ester groups is 1. The van der Waals surface area contributed by atoms with Gasteiger partial charge >= 0.3 is 19.8 Å². The molecule has 0 aliphatic rings. The largest absolute Gasteiger partial charge is 0.480 e. The second-order valence-corrected chi connectivity index (χ2v) is 12.4. The van der Waals surface area contributed by atoms with Crippen LogP contribution in [0.5, 0.6) is 0 Å². The summed E-state index contributed by atoms with van der Waals surface area (Å²) in [5.74, 6) is -1.79. The number of carbonyl (C=O) groups is 2. The van der Waals surface area contributed by atoms with E-state index in [1.165, 1.54) is 51.4 Å². The van der Waals surface area contributed by atoms with Crippen LogP contribution >= 0.6 is 7.82 Å². The average Bonchev–Trinajstić information content (AvgIpc) is 2.96. The molecule has 4 N–H and O–H groups in total. The molecule has 0 aromatic heterocycles. The molecule has 11 heteroatoms. The van der Waals surface area contributed by atoms with Crippen LogP contribution in [0.4, 0.5) is 0 Å². The SMILES string of the molecule is CCCCC/C=C\CCCCCCCC(=O)OC(COCCCCCCCCCC)COP(=O)(O)OCC(N)C(=O)O. The number of hydrogen-bond donors (Lipinski definition) is 3. The zero-order chi connectivity index (χ0) is 31.3. The Morgan fingerprint density at radius 2 is 1.24 bits per heavy atom. The highest BCUT2D eigenvalue weighted by atomic mass is 31.2. The van der Waals surface area contributed by atoms with Gasteiger partial charge in [0.1, 0.15) is 12.1 Å². The molecule has 0 fully saturated rings. The standard InChI is InChI=1S/C31H60NO9P/c1-3-5-7-9-11-13-14-15-16-17-19-21-23-30(33)41-28(25-38-24-22-20-18-12-10-8-6-4-2)26-39-42(36,37)40-27-29(32)31(34)35/h11,13,28-29H,3-10,12,14-27,32H2,1-2H3,(H,34,35)(H,36,37)/b13-11-. The third-order valence-corrected chi connectivity index (χ3v) is 7.75. The Morgan fingerprint density at radius 1 is 0.738 bits per heavy atom. The van der Waals surface area contributed by atoms with Gasteiger partial charge in [0.25, 0.3) is 0 Å². The summed E-state index contributed by atoms with van der Waals surface area (Å²) in [4.78, 5) is 33.1. The summed E-state index contributed by atoms with van der Waals surface area (Å²) in [5, 5.41) is 8.81. The summed E-state index contributed by atoms with van der Waals surface area (Å²) in [6.45, 7) is 3.79. The Hall–Kier alpha value is -1.29. The molecule has 248 valence electrons. The molecule has 0 aliphatic carbocycles. The Morgan fingerprint density at radius 3 is 1.86 bits per heavy atom. The van der Waals surface area contributed by atoms with Gasteiger partial charge in [-0.3, -0.25) is 18.6 Å². The van der Waals surface area contributed by atoms with Gasteiger partial charge in [0, 0.05) is 13.0 Å². The van der Waals surface area contributed by atoms with E-state index in [4.69, 9.17) is 24.8 Å². The number of hydrogen-bond acceptors (Lipinski definition) is 8. The first-order valence-electron chi connectivity index (χ1n) is 16.2. The molecular formula is C31H60NO9P. The summed E-state index contributed by atoms with van der Waals surface area (Å²) < 4.78 is 32.9. The topological polar surface area (TPSA) is 155 Å². The van der Waals surface area contributed by atoms with E-state index in [1.807, 2.05) is 0 Å². The average molecular weight is 622 g/mol. The molecule has 0 aromatic carbocycles. The third kappa shape index (κ3) is 27.5. The van der Waals surface area contributed by atoms with Gasteiger partial charge in [0.2, 0.25) is 0 Å². The second-order valence-electron chi connectivity index (χ2n) is 10.9. The molecule has 3 unspecified atom stereocenters. The number of unbranched alkanes of at least 4 members (excludes halogenated alkanes) is 15. The van der Waals surface area contributed by atoms with Crippen molar-refractivity contribution >= 4 is 19.8 Å². The van der Waals surface area contributed by atoms with E-state index in [0.717, 1.165) is 57.8 Å². The highest BCUT2D eigenvalue weighted by molar-refractivity contribution is 7.47. The van der Waals surface area contributed by atoms with Crippen molar-refractivity contribution in [1.82, 2.24) is 0 Å². The molecule has 0 aliphatic heterocycles. The van der Waals surface area contributed by atoms with Gasteiger partial charge in [-0.2, -0.15) is 0 Å². The first-order valence-corrected chi connectivity index (χ1v) is 17.7. The molecule has 0 spiro atoms. The monoisotopic (exact) mass is 621 g/mol. The van der Waals surface area contributed by atoms with Gasteiger partial charge in [-0.1, -0.05) is 103 Å². The summed E-state index contributed by atoms with van der Waals surface area (Å²) in [6.07, 6.45) is 24.2. The summed E-state index contributed by atoms with van der Waals surface area (Å²) in [5.41, 5.74) is 5.31. The van der Waals surface area contributed by atoms with Gasteiger partial charge < -0.3 is 25.2 Å². The molecule has 0 radical (unpaired) electrons. The van der Waals surface area contributed by atoms with Crippen molar-refractivity contribution in [3.63, 3.8) is 0 Å². The number of nitrogens with two attached hydrogens (primary N) is 1. The molecule has 0 bridgehead atoms. The van der Waals surface area contributed by atoms with E-state index in [1.54, 1.807) is 0 Å². The van der Waals surface area contributed by atoms with Crippen molar-refractivity contribution in [1.29, 1.82) is 0 Å². The fraction of sp³-hybridized carbons (Fsp3) is 0.871. The number of phosphoric acid groups is 1. The smallest absolute Gasteiger partial charge is 0.472 e. The van der Waals surface area contributed by atoms with Crippen LogP contribution in [0, 0.1) is 0 Å². The fourth-order valence-electron chi connectivity index (χ4n) is 4.18. The lowest BCUT2D eigenvalue weighted by molar-refractivity contribution is -0.154. The maximum absolute atomic E-state index is 12.4. The summed E-state index contributed by atoms with van der Waals surface area (Å²) in [6, 6.07) is -1.47. The first-order chi connectivity index (χ1) is 20.2. The predicted octanol–water partition coefficient (Wildman–Crippen LogP) is 7.47. The van der Waals surface area contributed by atoms with Crippen LogP contribution < -0.4 is 5.73 Å². The van der Waals surface area contributed by atoms with Crippen molar-refractivity contribution in [2.75, 3.05) is 26.4 Å². The number of allylic oxidation sites excluding steroid dienone is 2. The predicted molar refractivity (Wildman–Crippen MR) is 166 cm³/mol. The molecule has 0 amide bonds. The molecule has 0 saturated carbocycles. The number of rotatable bonds is 31. The van der Waals surface area contributed by atoms with Crippen molar-refractivity contribution in [3.05, 3.63) is 12.2 Å². The van der Waals surface area contributed by atoms with Gasteiger partial charge in [0.15, 0.2) is 0 Å². The molecule has 3 atom stereocenters. The molecular weight excluding hydrogens is 561 g/mol. The maximum Gasteiger partial charge on any atom is 0.472 e. The van der Waals surface area contributed by atoms with Crippen LogP contribution in [0.15, 0.2) is 12.2 Å². The summed E-state index contributed by atoms with van der Waals surface area (Å²) in [7, 11) is -4.59. The number of carboxylic acids is 1. The molecule has 0 rings (SSSR count). The first kappa shape index (κ1) is 40.7. The Kier molecular flexibility index (Phi) is 27.6. The second kappa shape index (κ2) is 28.5. The Bertz CT molecular complexity index is 735. The molecule has 42 heavy (non-hydrogen) atoms. The normalized spacial score (nSPS) is 14.6. The molecule has 0 heterocycles. The molecule has 10 nitrogen and oxygen atoms in total. The van der Waals surface area contributed by atoms with Crippen LogP contribution in [-0.4, -0.2) is 60.5 Å². The molecule has 0 saturated heterocycles. The number of ether oxygens (including phenoxy) is 2. The quantitative estimate of drug-likeness (QED) is 0.0307. The number of aliphatic carboxylic acids is 1. The van der Waals surface area contributed by atoms with Crippen LogP contribution in [0.3, 0.4) is 0 Å². The number of carboxylic acid groups (broad SMARTS) is 1. The Balaban J connectivity index is 4.38. The Labute approximate surface area is 254 Å². The van der Waals surface area contributed by atoms with E-state index in [2.05, 4.69) is 30.5 Å². The fourth-order valence-corrected chi connectivity index (χ4v) is 4.96. The lowest BCUT2D eigenvalue weighted by Gasteiger charge is -2.20. The van der Waals surface area contributed by atoms with Crippen molar-refractivity contribution in [2.45, 2.75) is 148 Å². The minimum absolute atomic E-state index is 0.0167. The van der Waals surface area contributed by atoms with Crippen molar-refractivity contribution in [2.24, 2.45) is 5.73 Å². The highest BCUT2D eigenvalue weighted by Crippen LogP contribution is 2.43. The zero-order valence-electron chi connectivity index (χ0n) is 26.3. The van der Waals surface area contributed by atoms with Crippen LogP contribution in [0.1, 0.15) is 136 Å². The van der Waals surface area contributed by atoms with E-state index in [-0.39, 0.29) is 13.0 Å². The van der Waals surface area contributed by atoms with Crippen LogP contribution in [0.2, 0.25) is 0 Å².